The Morgan fingerprint density at radius 3 is 2.43 bits per heavy atom. The molecule has 4 rings (SSSR count). The topological polar surface area (TPSA) is 9.23 Å². The minimum atomic E-state index is -0.0753. The standard InChI is InChI=1S/C22H30O/c1-16(2)11-19-13-20-18(12-17-9-7-6-8-10-17)14-21(19,3)15-22(20,4)23-5/h6-10,13-14,16,20H,11-12,15H2,1-5H3/t20-,21+,22?/m1/s1. The van der Waals surface area contributed by atoms with Gasteiger partial charge in [0.15, 0.2) is 0 Å². The third-order valence-electron chi connectivity index (χ3n) is 5.73. The molecule has 23 heavy (non-hydrogen) atoms. The monoisotopic (exact) mass is 310 g/mol. The number of rotatable bonds is 5. The van der Waals surface area contributed by atoms with Crippen LogP contribution >= 0.6 is 0 Å². The molecule has 3 aliphatic carbocycles. The van der Waals surface area contributed by atoms with Gasteiger partial charge in [-0.2, -0.15) is 0 Å². The second-order valence-electron chi connectivity index (χ2n) is 8.26. The first-order chi connectivity index (χ1) is 10.9. The third kappa shape index (κ3) is 3.04. The molecule has 1 unspecified atom stereocenters. The van der Waals surface area contributed by atoms with Crippen molar-refractivity contribution in [1.29, 1.82) is 0 Å². The highest BCUT2D eigenvalue weighted by atomic mass is 16.5. The summed E-state index contributed by atoms with van der Waals surface area (Å²) in [6.45, 7) is 9.32. The van der Waals surface area contributed by atoms with E-state index in [-0.39, 0.29) is 11.0 Å². The lowest BCUT2D eigenvalue weighted by Gasteiger charge is -2.53. The van der Waals surface area contributed by atoms with E-state index in [4.69, 9.17) is 4.74 Å². The van der Waals surface area contributed by atoms with E-state index >= 15 is 0 Å². The van der Waals surface area contributed by atoms with E-state index < -0.39 is 0 Å². The first-order valence-corrected chi connectivity index (χ1v) is 8.88. The molecule has 0 amide bonds. The van der Waals surface area contributed by atoms with E-state index in [0.29, 0.717) is 11.8 Å². The van der Waals surface area contributed by atoms with Gasteiger partial charge in [0.25, 0.3) is 0 Å². The Bertz CT molecular complexity index is 625. The molecule has 1 nitrogen and oxygen atoms in total. The van der Waals surface area contributed by atoms with Crippen LogP contribution in [0, 0.1) is 17.3 Å². The summed E-state index contributed by atoms with van der Waals surface area (Å²) in [7, 11) is 1.88. The van der Waals surface area contributed by atoms with Gasteiger partial charge in [-0.15, -0.1) is 0 Å². The summed E-state index contributed by atoms with van der Waals surface area (Å²) in [6.07, 6.45) is 8.42. The quantitative estimate of drug-likeness (QED) is 0.646. The first kappa shape index (κ1) is 16.5. The normalized spacial score (nSPS) is 32.9. The number of benzene rings is 1. The zero-order valence-electron chi connectivity index (χ0n) is 15.2. The van der Waals surface area contributed by atoms with Gasteiger partial charge in [-0.25, -0.2) is 0 Å². The van der Waals surface area contributed by atoms with Crippen LogP contribution in [-0.4, -0.2) is 12.7 Å². The van der Waals surface area contributed by atoms with E-state index in [1.807, 2.05) is 7.11 Å². The van der Waals surface area contributed by atoms with E-state index in [9.17, 15) is 0 Å². The molecule has 3 aliphatic rings. The van der Waals surface area contributed by atoms with Crippen molar-refractivity contribution in [3.63, 3.8) is 0 Å². The van der Waals surface area contributed by atoms with Crippen LogP contribution in [0.3, 0.4) is 0 Å². The van der Waals surface area contributed by atoms with Gasteiger partial charge in [-0.1, -0.05) is 74.4 Å². The molecule has 0 fully saturated rings. The van der Waals surface area contributed by atoms with Crippen LogP contribution in [0.15, 0.2) is 53.6 Å². The number of fused-ring (bicyclic) bond motifs is 1. The summed E-state index contributed by atoms with van der Waals surface area (Å²) in [5, 5.41) is 0. The molecule has 1 heteroatoms. The molecule has 0 heterocycles. The van der Waals surface area contributed by atoms with Crippen molar-refractivity contribution in [2.75, 3.05) is 7.11 Å². The fourth-order valence-corrected chi connectivity index (χ4v) is 4.60. The Morgan fingerprint density at radius 1 is 1.17 bits per heavy atom. The van der Waals surface area contributed by atoms with E-state index in [1.54, 1.807) is 5.57 Å². The van der Waals surface area contributed by atoms with Gasteiger partial charge in [0, 0.05) is 18.4 Å². The number of hydrogen-bond acceptors (Lipinski definition) is 1. The zero-order valence-corrected chi connectivity index (χ0v) is 15.2. The van der Waals surface area contributed by atoms with Crippen LogP contribution < -0.4 is 0 Å². The van der Waals surface area contributed by atoms with Crippen LogP contribution in [0.4, 0.5) is 0 Å². The second kappa shape index (κ2) is 5.94. The average molecular weight is 310 g/mol. The van der Waals surface area contributed by atoms with Gasteiger partial charge < -0.3 is 4.74 Å². The maximum absolute atomic E-state index is 6.01. The molecule has 1 aromatic carbocycles. The molecule has 0 N–H and O–H groups in total. The molecule has 0 aromatic heterocycles. The van der Waals surface area contributed by atoms with Gasteiger partial charge in [-0.05, 0) is 37.7 Å². The molecule has 124 valence electrons. The number of hydrogen-bond donors (Lipinski definition) is 0. The fraction of sp³-hybridized carbons (Fsp3) is 0.545. The lowest BCUT2D eigenvalue weighted by molar-refractivity contribution is -0.0566. The molecule has 0 radical (unpaired) electrons. The summed E-state index contributed by atoms with van der Waals surface area (Å²) in [5.74, 6) is 1.11. The van der Waals surface area contributed by atoms with Crippen molar-refractivity contribution in [3.05, 3.63) is 59.2 Å². The Morgan fingerprint density at radius 2 is 1.87 bits per heavy atom. The lowest BCUT2D eigenvalue weighted by atomic mass is 9.55. The summed E-state index contributed by atoms with van der Waals surface area (Å²) in [5.41, 5.74) is 4.61. The average Bonchev–Trinajstić information content (AvgIpc) is 2.49. The van der Waals surface area contributed by atoms with Crippen LogP contribution in [0.1, 0.15) is 46.1 Å². The Hall–Kier alpha value is -1.34. The summed E-state index contributed by atoms with van der Waals surface area (Å²) in [4.78, 5) is 0. The summed E-state index contributed by atoms with van der Waals surface area (Å²) in [6, 6.07) is 10.8. The molecule has 2 bridgehead atoms. The maximum Gasteiger partial charge on any atom is 0.0761 e. The number of allylic oxidation sites excluding steroid dienone is 2. The molecule has 0 saturated heterocycles. The number of ether oxygens (including phenoxy) is 1. The molecule has 0 spiro atoms. The fourth-order valence-electron chi connectivity index (χ4n) is 4.60. The van der Waals surface area contributed by atoms with Crippen LogP contribution in [0.25, 0.3) is 0 Å². The van der Waals surface area contributed by atoms with Crippen molar-refractivity contribution in [1.82, 2.24) is 0 Å². The molecular weight excluding hydrogens is 280 g/mol. The molecule has 0 saturated carbocycles. The summed E-state index contributed by atoms with van der Waals surface area (Å²) < 4.78 is 6.01. The largest absolute Gasteiger partial charge is 0.378 e. The predicted octanol–water partition coefficient (Wildman–Crippen LogP) is 5.57. The smallest absolute Gasteiger partial charge is 0.0761 e. The SMILES string of the molecule is COC1(C)C[C@]2(C)C=C(Cc3ccccc3)[C@H]1C=C2CC(C)C. The molecule has 0 aliphatic heterocycles. The summed E-state index contributed by atoms with van der Waals surface area (Å²) >= 11 is 0. The van der Waals surface area contributed by atoms with Gasteiger partial charge in [0.05, 0.1) is 5.60 Å². The minimum absolute atomic E-state index is 0.0753. The highest BCUT2D eigenvalue weighted by molar-refractivity contribution is 5.43. The van der Waals surface area contributed by atoms with Crippen molar-refractivity contribution < 1.29 is 4.74 Å². The Labute approximate surface area is 141 Å². The van der Waals surface area contributed by atoms with E-state index in [2.05, 4.69) is 70.2 Å². The third-order valence-corrected chi connectivity index (χ3v) is 5.73. The zero-order chi connectivity index (χ0) is 16.7. The van der Waals surface area contributed by atoms with E-state index in [1.165, 1.54) is 17.6 Å². The predicted molar refractivity (Wildman–Crippen MR) is 97.4 cm³/mol. The van der Waals surface area contributed by atoms with Gasteiger partial charge >= 0.3 is 0 Å². The van der Waals surface area contributed by atoms with Gasteiger partial charge in [0.1, 0.15) is 0 Å². The molecular formula is C22H30O. The minimum Gasteiger partial charge on any atom is -0.378 e. The van der Waals surface area contributed by atoms with E-state index in [0.717, 1.165) is 12.8 Å². The number of methoxy groups -OCH3 is 1. The highest BCUT2D eigenvalue weighted by Crippen LogP contribution is 2.56. The van der Waals surface area contributed by atoms with Crippen LogP contribution in [0.5, 0.6) is 0 Å². The highest BCUT2D eigenvalue weighted by Gasteiger charge is 2.50. The Balaban J connectivity index is 1.95. The molecule has 1 aromatic rings. The first-order valence-electron chi connectivity index (χ1n) is 8.88. The second-order valence-corrected chi connectivity index (χ2v) is 8.26. The van der Waals surface area contributed by atoms with Crippen molar-refractivity contribution >= 4 is 0 Å². The lowest BCUT2D eigenvalue weighted by Crippen LogP contribution is -2.49. The Kier molecular flexibility index (Phi) is 4.27. The van der Waals surface area contributed by atoms with Crippen molar-refractivity contribution in [2.45, 2.75) is 52.6 Å². The van der Waals surface area contributed by atoms with Crippen molar-refractivity contribution in [2.24, 2.45) is 17.3 Å². The van der Waals surface area contributed by atoms with Gasteiger partial charge in [-0.3, -0.25) is 0 Å². The van der Waals surface area contributed by atoms with Gasteiger partial charge in [0.2, 0.25) is 0 Å². The van der Waals surface area contributed by atoms with Crippen LogP contribution in [0.2, 0.25) is 0 Å². The maximum atomic E-state index is 6.01. The van der Waals surface area contributed by atoms with Crippen molar-refractivity contribution in [3.8, 4) is 0 Å². The van der Waals surface area contributed by atoms with Crippen LogP contribution in [-0.2, 0) is 11.2 Å². The molecule has 3 atom stereocenters.